The third-order valence-electron chi connectivity index (χ3n) is 3.65. The summed E-state index contributed by atoms with van der Waals surface area (Å²) in [5, 5.41) is 6.78. The summed E-state index contributed by atoms with van der Waals surface area (Å²) in [4.78, 5) is 29.8. The van der Waals surface area contributed by atoms with Crippen LogP contribution in [0.25, 0.3) is 11.4 Å². The van der Waals surface area contributed by atoms with Crippen LogP contribution in [0.2, 0.25) is 0 Å². The summed E-state index contributed by atoms with van der Waals surface area (Å²) < 4.78 is 5.22. The Morgan fingerprint density at radius 3 is 2.46 bits per heavy atom. The van der Waals surface area contributed by atoms with Crippen LogP contribution in [0.15, 0.2) is 28.8 Å². The first-order valence-corrected chi connectivity index (χ1v) is 8.58. The third-order valence-corrected chi connectivity index (χ3v) is 3.65. The van der Waals surface area contributed by atoms with Gasteiger partial charge in [0.1, 0.15) is 0 Å². The molecule has 1 aromatic heterocycles. The molecular formula is C19H26N4O3. The maximum Gasteiger partial charge on any atom is 0.240 e. The van der Waals surface area contributed by atoms with Crippen LogP contribution in [-0.4, -0.2) is 46.0 Å². The van der Waals surface area contributed by atoms with Gasteiger partial charge in [-0.15, -0.1) is 0 Å². The normalized spacial score (nSPS) is 11.3. The molecule has 0 aliphatic carbocycles. The first-order valence-electron chi connectivity index (χ1n) is 8.58. The van der Waals surface area contributed by atoms with E-state index in [2.05, 4.69) is 15.5 Å². The number of aromatic nitrogens is 2. The van der Waals surface area contributed by atoms with Crippen LogP contribution in [0.5, 0.6) is 0 Å². The number of hydrogen-bond acceptors (Lipinski definition) is 5. The molecule has 7 nitrogen and oxygen atoms in total. The molecule has 0 saturated heterocycles. The summed E-state index contributed by atoms with van der Waals surface area (Å²) in [6.07, 6.45) is 0.539. The summed E-state index contributed by atoms with van der Waals surface area (Å²) >= 11 is 0. The standard InChI is InChI=1S/C19H26N4O3/c1-13-6-8-14(9-7-13)18-20-16(26-22-18)10-11-17(25)23(5)12-15(24)21-19(2,3)4/h6-9H,10-12H2,1-5H3,(H,21,24). The number of amides is 2. The zero-order valence-electron chi connectivity index (χ0n) is 16.0. The number of carbonyl (C=O) groups is 2. The highest BCUT2D eigenvalue weighted by Crippen LogP contribution is 2.16. The average Bonchev–Trinajstić information content (AvgIpc) is 3.00. The Hall–Kier alpha value is -2.70. The molecule has 7 heteroatoms. The van der Waals surface area contributed by atoms with E-state index in [1.165, 1.54) is 4.90 Å². The molecule has 2 rings (SSSR count). The molecule has 0 saturated carbocycles. The Labute approximate surface area is 153 Å². The highest BCUT2D eigenvalue weighted by atomic mass is 16.5. The number of carbonyl (C=O) groups excluding carboxylic acids is 2. The lowest BCUT2D eigenvalue weighted by Crippen LogP contribution is -2.46. The maximum atomic E-state index is 12.2. The van der Waals surface area contributed by atoms with Gasteiger partial charge in [0, 0.05) is 31.0 Å². The van der Waals surface area contributed by atoms with Crippen LogP contribution in [0.3, 0.4) is 0 Å². The first kappa shape index (κ1) is 19.6. The number of aryl methyl sites for hydroxylation is 2. The van der Waals surface area contributed by atoms with Gasteiger partial charge in [-0.25, -0.2) is 0 Å². The summed E-state index contributed by atoms with van der Waals surface area (Å²) in [7, 11) is 1.61. The minimum atomic E-state index is -0.322. The number of nitrogens with zero attached hydrogens (tertiary/aromatic N) is 3. The second-order valence-corrected chi connectivity index (χ2v) is 7.43. The minimum Gasteiger partial charge on any atom is -0.350 e. The van der Waals surface area contributed by atoms with Crippen LogP contribution in [0, 0.1) is 6.92 Å². The van der Waals surface area contributed by atoms with Gasteiger partial charge >= 0.3 is 0 Å². The van der Waals surface area contributed by atoms with Gasteiger partial charge in [0.15, 0.2) is 0 Å². The van der Waals surface area contributed by atoms with Crippen molar-refractivity contribution in [3.8, 4) is 11.4 Å². The van der Waals surface area contributed by atoms with E-state index in [1.54, 1.807) is 7.05 Å². The largest absolute Gasteiger partial charge is 0.350 e. The quantitative estimate of drug-likeness (QED) is 0.856. The second-order valence-electron chi connectivity index (χ2n) is 7.43. The lowest BCUT2D eigenvalue weighted by atomic mass is 10.1. The van der Waals surface area contributed by atoms with Crippen LogP contribution in [-0.2, 0) is 16.0 Å². The highest BCUT2D eigenvalue weighted by Gasteiger charge is 2.18. The van der Waals surface area contributed by atoms with Gasteiger partial charge in [-0.2, -0.15) is 4.98 Å². The van der Waals surface area contributed by atoms with Crippen molar-refractivity contribution in [2.45, 2.75) is 46.1 Å². The van der Waals surface area contributed by atoms with Crippen LogP contribution in [0.1, 0.15) is 38.6 Å². The monoisotopic (exact) mass is 358 g/mol. The fourth-order valence-electron chi connectivity index (χ4n) is 2.34. The van der Waals surface area contributed by atoms with Crippen molar-refractivity contribution in [2.24, 2.45) is 0 Å². The van der Waals surface area contributed by atoms with Crippen molar-refractivity contribution in [1.82, 2.24) is 20.4 Å². The molecule has 1 aromatic carbocycles. The molecule has 26 heavy (non-hydrogen) atoms. The van der Waals surface area contributed by atoms with Crippen molar-refractivity contribution in [1.29, 1.82) is 0 Å². The molecule has 0 radical (unpaired) electrons. The summed E-state index contributed by atoms with van der Waals surface area (Å²) in [5.41, 5.74) is 1.70. The molecule has 0 spiro atoms. The Morgan fingerprint density at radius 1 is 1.19 bits per heavy atom. The van der Waals surface area contributed by atoms with E-state index in [0.29, 0.717) is 18.1 Å². The molecule has 0 fully saturated rings. The molecule has 0 atom stereocenters. The zero-order chi connectivity index (χ0) is 19.3. The van der Waals surface area contributed by atoms with Gasteiger partial charge in [0.05, 0.1) is 6.54 Å². The first-order chi connectivity index (χ1) is 12.1. The van der Waals surface area contributed by atoms with Gasteiger partial charge in [-0.1, -0.05) is 35.0 Å². The predicted octanol–water partition coefficient (Wildman–Crippen LogP) is 2.35. The Kier molecular flexibility index (Phi) is 6.13. The summed E-state index contributed by atoms with van der Waals surface area (Å²) in [5.74, 6) is 0.573. The van der Waals surface area contributed by atoms with Crippen molar-refractivity contribution >= 4 is 11.8 Å². The number of likely N-dealkylation sites (N-methyl/N-ethyl adjacent to an activating group) is 1. The molecular weight excluding hydrogens is 332 g/mol. The molecule has 140 valence electrons. The van der Waals surface area contributed by atoms with Crippen molar-refractivity contribution < 1.29 is 14.1 Å². The van der Waals surface area contributed by atoms with Crippen LogP contribution >= 0.6 is 0 Å². The van der Waals surface area contributed by atoms with E-state index in [4.69, 9.17) is 4.52 Å². The molecule has 2 amide bonds. The Balaban J connectivity index is 1.85. The molecule has 0 aliphatic heterocycles. The lowest BCUT2D eigenvalue weighted by molar-refractivity contribution is -0.135. The van der Waals surface area contributed by atoms with E-state index < -0.39 is 0 Å². The third kappa shape index (κ3) is 5.98. The van der Waals surface area contributed by atoms with Gasteiger partial charge in [0.25, 0.3) is 0 Å². The van der Waals surface area contributed by atoms with E-state index in [-0.39, 0.29) is 30.3 Å². The van der Waals surface area contributed by atoms with Gasteiger partial charge < -0.3 is 14.7 Å². The van der Waals surface area contributed by atoms with E-state index >= 15 is 0 Å². The average molecular weight is 358 g/mol. The van der Waals surface area contributed by atoms with Gasteiger partial charge in [0.2, 0.25) is 23.5 Å². The lowest BCUT2D eigenvalue weighted by Gasteiger charge is -2.23. The smallest absolute Gasteiger partial charge is 0.240 e. The zero-order valence-corrected chi connectivity index (χ0v) is 16.0. The number of benzene rings is 1. The molecule has 1 heterocycles. The number of hydrogen-bond donors (Lipinski definition) is 1. The molecule has 0 unspecified atom stereocenters. The van der Waals surface area contributed by atoms with Crippen molar-refractivity contribution in [3.63, 3.8) is 0 Å². The number of rotatable bonds is 6. The topological polar surface area (TPSA) is 88.3 Å². The molecule has 2 aromatic rings. The van der Waals surface area contributed by atoms with Crippen LogP contribution < -0.4 is 5.32 Å². The van der Waals surface area contributed by atoms with Gasteiger partial charge in [-0.05, 0) is 27.7 Å². The van der Waals surface area contributed by atoms with Crippen LogP contribution in [0.4, 0.5) is 0 Å². The SMILES string of the molecule is Cc1ccc(-c2noc(CCC(=O)N(C)CC(=O)NC(C)(C)C)n2)cc1. The second kappa shape index (κ2) is 8.12. The fourth-order valence-corrected chi connectivity index (χ4v) is 2.34. The maximum absolute atomic E-state index is 12.2. The van der Waals surface area contributed by atoms with Crippen molar-refractivity contribution in [3.05, 3.63) is 35.7 Å². The minimum absolute atomic E-state index is 0.0224. The van der Waals surface area contributed by atoms with E-state index in [9.17, 15) is 9.59 Å². The van der Waals surface area contributed by atoms with Gasteiger partial charge in [-0.3, -0.25) is 9.59 Å². The predicted molar refractivity (Wildman–Crippen MR) is 98.3 cm³/mol. The van der Waals surface area contributed by atoms with Crippen molar-refractivity contribution in [2.75, 3.05) is 13.6 Å². The highest BCUT2D eigenvalue weighted by molar-refractivity contribution is 5.85. The Morgan fingerprint density at radius 2 is 1.85 bits per heavy atom. The molecule has 1 N–H and O–H groups in total. The molecule has 0 aliphatic rings. The van der Waals surface area contributed by atoms with E-state index in [1.807, 2.05) is 52.0 Å². The summed E-state index contributed by atoms with van der Waals surface area (Å²) in [6.45, 7) is 7.72. The Bertz CT molecular complexity index is 760. The fraction of sp³-hybridized carbons (Fsp3) is 0.474. The number of nitrogens with one attached hydrogen (secondary N) is 1. The molecule has 0 bridgehead atoms. The summed E-state index contributed by atoms with van der Waals surface area (Å²) in [6, 6.07) is 7.81. The van der Waals surface area contributed by atoms with E-state index in [0.717, 1.165) is 11.1 Å².